The maximum atomic E-state index is 13.0. The highest BCUT2D eigenvalue weighted by atomic mass is 31.2. The van der Waals surface area contributed by atoms with Gasteiger partial charge in [0.1, 0.15) is 11.5 Å². The van der Waals surface area contributed by atoms with Gasteiger partial charge in [-0.1, -0.05) is 178 Å². The summed E-state index contributed by atoms with van der Waals surface area (Å²) in [7, 11) is -4.34. The molecule has 1 heterocycles. The van der Waals surface area contributed by atoms with Crippen molar-refractivity contribution in [3.63, 3.8) is 0 Å². The molecule has 0 amide bonds. The number of phosphoric acid groups is 1. The first-order valence-corrected chi connectivity index (χ1v) is 21.3. The quantitative estimate of drug-likeness (QED) is 0.0661. The summed E-state index contributed by atoms with van der Waals surface area (Å²) in [6, 6.07) is 21.0. The summed E-state index contributed by atoms with van der Waals surface area (Å²) >= 11 is 0. The van der Waals surface area contributed by atoms with Crippen molar-refractivity contribution in [3.05, 3.63) is 71.8 Å². The predicted molar refractivity (Wildman–Crippen MR) is 209 cm³/mol. The first-order chi connectivity index (χ1) is 24.0. The Morgan fingerprint density at radius 3 is 1.18 bits per heavy atom. The molecule has 49 heavy (non-hydrogen) atoms. The fourth-order valence-corrected chi connectivity index (χ4v) is 8.44. The molecule has 5 heteroatoms. The lowest BCUT2D eigenvalue weighted by Gasteiger charge is -2.15. The lowest BCUT2D eigenvalue weighted by atomic mass is 9.90. The van der Waals surface area contributed by atoms with Crippen molar-refractivity contribution in [1.82, 2.24) is 0 Å². The molecule has 5 rings (SSSR count). The fraction of sp³-hybridized carbons (Fsp3) is 0.545. The molecule has 4 aromatic rings. The minimum atomic E-state index is -4.34. The fourth-order valence-electron chi connectivity index (χ4n) is 7.60. The Labute approximate surface area is 296 Å². The standard InChI is InChI=1S/C44H61O4P/c1-3-5-7-9-11-13-15-17-19-21-23-35-25-29-39-37(33-35)27-31-41-43(39)44-40-30-26-36(24-22-20-18-16-14-12-10-8-6-4-2)34-38(40)28-32-42(44)48-49(45,46)47-41/h25-34H,3-24H2,1-2H3,(H,45,46). The van der Waals surface area contributed by atoms with Crippen molar-refractivity contribution in [2.24, 2.45) is 0 Å². The first-order valence-electron chi connectivity index (χ1n) is 19.8. The van der Waals surface area contributed by atoms with Gasteiger partial charge in [-0.2, -0.15) is 0 Å². The van der Waals surface area contributed by atoms with Crippen molar-refractivity contribution in [1.29, 1.82) is 0 Å². The zero-order valence-corrected chi connectivity index (χ0v) is 31.3. The van der Waals surface area contributed by atoms with E-state index in [-0.39, 0.29) is 0 Å². The van der Waals surface area contributed by atoms with E-state index in [1.807, 2.05) is 24.3 Å². The van der Waals surface area contributed by atoms with Crippen LogP contribution in [-0.2, 0) is 17.4 Å². The Morgan fingerprint density at radius 1 is 0.469 bits per heavy atom. The van der Waals surface area contributed by atoms with Crippen molar-refractivity contribution in [2.45, 2.75) is 155 Å². The third kappa shape index (κ3) is 11.1. The van der Waals surface area contributed by atoms with Gasteiger partial charge in [-0.05, 0) is 70.5 Å². The van der Waals surface area contributed by atoms with Crippen molar-refractivity contribution < 1.29 is 18.5 Å². The van der Waals surface area contributed by atoms with Gasteiger partial charge >= 0.3 is 7.82 Å². The molecule has 0 saturated carbocycles. The van der Waals surface area contributed by atoms with Crippen LogP contribution in [0.2, 0.25) is 0 Å². The molecule has 1 aliphatic rings. The molecule has 0 spiro atoms. The van der Waals surface area contributed by atoms with Gasteiger partial charge in [0.05, 0.1) is 0 Å². The molecule has 0 fully saturated rings. The van der Waals surface area contributed by atoms with Crippen molar-refractivity contribution >= 4 is 29.4 Å². The monoisotopic (exact) mass is 684 g/mol. The van der Waals surface area contributed by atoms with Crippen LogP contribution in [0.15, 0.2) is 60.7 Å². The van der Waals surface area contributed by atoms with E-state index in [1.54, 1.807) is 0 Å². The van der Waals surface area contributed by atoms with E-state index in [9.17, 15) is 9.46 Å². The summed E-state index contributed by atoms with van der Waals surface area (Å²) in [4.78, 5) is 10.6. The lowest BCUT2D eigenvalue weighted by molar-refractivity contribution is 0.294. The number of fused-ring (bicyclic) bond motifs is 7. The molecule has 0 aromatic heterocycles. The van der Waals surface area contributed by atoms with Gasteiger partial charge in [0, 0.05) is 11.1 Å². The molecule has 266 valence electrons. The first kappa shape index (κ1) is 37.4. The van der Waals surface area contributed by atoms with Gasteiger partial charge in [-0.15, -0.1) is 0 Å². The van der Waals surface area contributed by atoms with Crippen LogP contribution in [0.5, 0.6) is 11.5 Å². The van der Waals surface area contributed by atoms with Gasteiger partial charge in [-0.25, -0.2) is 4.57 Å². The van der Waals surface area contributed by atoms with Gasteiger partial charge in [0.25, 0.3) is 0 Å². The average molecular weight is 685 g/mol. The minimum absolute atomic E-state index is 0.390. The van der Waals surface area contributed by atoms with Crippen LogP contribution in [0.3, 0.4) is 0 Å². The molecule has 0 unspecified atom stereocenters. The predicted octanol–water partition coefficient (Wildman–Crippen LogP) is 14.5. The van der Waals surface area contributed by atoms with Crippen molar-refractivity contribution in [2.75, 3.05) is 0 Å². The zero-order chi connectivity index (χ0) is 34.3. The molecule has 0 atom stereocenters. The molecule has 1 N–H and O–H groups in total. The third-order valence-electron chi connectivity index (χ3n) is 10.4. The van der Waals surface area contributed by atoms with Gasteiger partial charge in [-0.3, -0.25) is 4.89 Å². The van der Waals surface area contributed by atoms with E-state index in [4.69, 9.17) is 9.05 Å². The highest BCUT2D eigenvalue weighted by Crippen LogP contribution is 2.56. The number of hydrogen-bond acceptors (Lipinski definition) is 3. The number of benzene rings is 4. The number of hydrogen-bond donors (Lipinski definition) is 1. The molecule has 4 nitrogen and oxygen atoms in total. The Morgan fingerprint density at radius 2 is 0.816 bits per heavy atom. The molecule has 1 aliphatic heterocycles. The Hall–Kier alpha value is -2.81. The number of unbranched alkanes of at least 4 members (excludes halogenated alkanes) is 18. The van der Waals surface area contributed by atoms with E-state index in [2.05, 4.69) is 50.2 Å². The van der Waals surface area contributed by atoms with Gasteiger partial charge in [0.15, 0.2) is 0 Å². The summed E-state index contributed by atoms with van der Waals surface area (Å²) < 4.78 is 24.4. The second kappa shape index (κ2) is 19.5. The van der Waals surface area contributed by atoms with Crippen molar-refractivity contribution in [3.8, 4) is 22.6 Å². The Bertz CT molecular complexity index is 1540. The van der Waals surface area contributed by atoms with E-state index in [1.165, 1.54) is 140 Å². The van der Waals surface area contributed by atoms with Crippen LogP contribution in [0.1, 0.15) is 153 Å². The smallest absolute Gasteiger partial charge is 0.395 e. The SMILES string of the molecule is CCCCCCCCCCCCc1ccc2c3c(ccc2c1)OP(=O)(O)Oc1ccc2cc(CCCCCCCCCCCC)ccc2c1-3. The molecule has 0 saturated heterocycles. The molecular formula is C44H61O4P. The van der Waals surface area contributed by atoms with E-state index >= 15 is 0 Å². The summed E-state index contributed by atoms with van der Waals surface area (Å²) in [6.07, 6.45) is 28.9. The van der Waals surface area contributed by atoms with Gasteiger partial charge < -0.3 is 9.05 Å². The molecule has 0 bridgehead atoms. The second-order valence-corrected chi connectivity index (χ2v) is 15.8. The minimum Gasteiger partial charge on any atom is -0.395 e. The molecule has 0 aliphatic carbocycles. The molecular weight excluding hydrogens is 623 g/mol. The maximum Gasteiger partial charge on any atom is 0.584 e. The summed E-state index contributed by atoms with van der Waals surface area (Å²) in [5.74, 6) is 0.780. The summed E-state index contributed by atoms with van der Waals surface area (Å²) in [6.45, 7) is 4.55. The Kier molecular flexibility index (Phi) is 14.9. The Balaban J connectivity index is 1.25. The second-order valence-electron chi connectivity index (χ2n) is 14.5. The van der Waals surface area contributed by atoms with Crippen LogP contribution in [-0.4, -0.2) is 4.89 Å². The molecule has 4 aromatic carbocycles. The molecule has 0 radical (unpaired) electrons. The number of rotatable bonds is 22. The zero-order valence-electron chi connectivity index (χ0n) is 30.4. The summed E-state index contributed by atoms with van der Waals surface area (Å²) in [5, 5.41) is 4.25. The third-order valence-corrected chi connectivity index (χ3v) is 11.3. The van der Waals surface area contributed by atoms with E-state index < -0.39 is 7.82 Å². The van der Waals surface area contributed by atoms with Crippen LogP contribution in [0.4, 0.5) is 0 Å². The largest absolute Gasteiger partial charge is 0.584 e. The van der Waals surface area contributed by atoms with Crippen LogP contribution in [0.25, 0.3) is 32.7 Å². The maximum absolute atomic E-state index is 13.0. The average Bonchev–Trinajstić information content (AvgIpc) is 3.22. The van der Waals surface area contributed by atoms with E-state index in [0.29, 0.717) is 11.5 Å². The van der Waals surface area contributed by atoms with Crippen LogP contribution < -0.4 is 9.05 Å². The highest BCUT2D eigenvalue weighted by molar-refractivity contribution is 7.48. The number of phosphoric ester groups is 1. The topological polar surface area (TPSA) is 55.8 Å². The van der Waals surface area contributed by atoms with E-state index in [0.717, 1.165) is 45.5 Å². The lowest BCUT2D eigenvalue weighted by Crippen LogP contribution is -1.97. The normalized spacial score (nSPS) is 13.5. The highest BCUT2D eigenvalue weighted by Gasteiger charge is 2.34. The van der Waals surface area contributed by atoms with Crippen LogP contribution >= 0.6 is 7.82 Å². The summed E-state index contributed by atoms with van der Waals surface area (Å²) in [5.41, 5.74) is 4.33. The van der Waals surface area contributed by atoms with Gasteiger partial charge in [0.2, 0.25) is 0 Å². The number of aryl methyl sites for hydroxylation is 2. The van der Waals surface area contributed by atoms with Crippen LogP contribution in [0, 0.1) is 0 Å².